The number of ketones is 2. The second kappa shape index (κ2) is 5.15. The van der Waals surface area contributed by atoms with Crippen LogP contribution >= 0.6 is 11.8 Å². The van der Waals surface area contributed by atoms with E-state index in [1.165, 1.54) is 11.8 Å². The zero-order valence-corrected chi connectivity index (χ0v) is 9.10. The molecule has 0 aromatic rings. The summed E-state index contributed by atoms with van der Waals surface area (Å²) in [6, 6.07) is 0. The van der Waals surface area contributed by atoms with Crippen molar-refractivity contribution < 1.29 is 9.59 Å². The van der Waals surface area contributed by atoms with Crippen molar-refractivity contribution in [1.82, 2.24) is 0 Å². The van der Waals surface area contributed by atoms with Crippen molar-refractivity contribution in [3.8, 4) is 0 Å². The maximum atomic E-state index is 11.2. The molecule has 1 saturated carbocycles. The number of hydrogen-bond acceptors (Lipinski definition) is 3. The van der Waals surface area contributed by atoms with Gasteiger partial charge in [0.2, 0.25) is 0 Å². The van der Waals surface area contributed by atoms with Crippen LogP contribution in [0.15, 0.2) is 23.0 Å². The van der Waals surface area contributed by atoms with E-state index in [1.807, 2.05) is 18.4 Å². The standard InChI is InChI=1S/C11H14O2S/c1-3-4-14-8(2)9-5-10(12)7-11(13)6-9/h3-4,9H,2,5-7H2,1H3/b4-3-. The Labute approximate surface area is 88.4 Å². The lowest BCUT2D eigenvalue weighted by Crippen LogP contribution is -2.22. The lowest BCUT2D eigenvalue weighted by molar-refractivity contribution is -0.130. The van der Waals surface area contributed by atoms with Crippen molar-refractivity contribution in [3.63, 3.8) is 0 Å². The van der Waals surface area contributed by atoms with Crippen LogP contribution in [0.1, 0.15) is 26.2 Å². The average Bonchev–Trinajstić information content (AvgIpc) is 2.12. The lowest BCUT2D eigenvalue weighted by Gasteiger charge is -2.20. The summed E-state index contributed by atoms with van der Waals surface area (Å²) < 4.78 is 0. The van der Waals surface area contributed by atoms with E-state index in [2.05, 4.69) is 6.58 Å². The Morgan fingerprint density at radius 3 is 2.50 bits per heavy atom. The van der Waals surface area contributed by atoms with Crippen LogP contribution in [0.25, 0.3) is 0 Å². The number of Topliss-reactive ketones (excluding diaryl/α,β-unsaturated/α-hetero) is 2. The Morgan fingerprint density at radius 1 is 1.43 bits per heavy atom. The van der Waals surface area contributed by atoms with Crippen LogP contribution in [-0.4, -0.2) is 11.6 Å². The quantitative estimate of drug-likeness (QED) is 0.672. The highest BCUT2D eigenvalue weighted by atomic mass is 32.2. The maximum absolute atomic E-state index is 11.2. The Bertz CT molecular complexity index is 276. The summed E-state index contributed by atoms with van der Waals surface area (Å²) in [5.74, 6) is 0.145. The lowest BCUT2D eigenvalue weighted by atomic mass is 9.87. The average molecular weight is 210 g/mol. The smallest absolute Gasteiger partial charge is 0.140 e. The highest BCUT2D eigenvalue weighted by molar-refractivity contribution is 8.05. The van der Waals surface area contributed by atoms with Crippen LogP contribution in [-0.2, 0) is 9.59 Å². The molecule has 0 bridgehead atoms. The van der Waals surface area contributed by atoms with Gasteiger partial charge in [-0.05, 0) is 17.2 Å². The largest absolute Gasteiger partial charge is 0.299 e. The van der Waals surface area contributed by atoms with Gasteiger partial charge in [0.05, 0.1) is 6.42 Å². The SMILES string of the molecule is C=C(S/C=C\C)C1CC(=O)CC(=O)C1. The molecule has 0 aromatic carbocycles. The number of carbonyl (C=O) groups excluding carboxylic acids is 2. The molecule has 0 aromatic heterocycles. The van der Waals surface area contributed by atoms with Gasteiger partial charge in [-0.15, -0.1) is 11.8 Å². The molecule has 1 aliphatic carbocycles. The van der Waals surface area contributed by atoms with Gasteiger partial charge in [-0.1, -0.05) is 12.7 Å². The predicted octanol–water partition coefficient (Wildman–Crippen LogP) is 2.71. The van der Waals surface area contributed by atoms with Crippen LogP contribution in [0.5, 0.6) is 0 Å². The number of hydrogen-bond donors (Lipinski definition) is 0. The minimum atomic E-state index is 0.0462. The molecule has 76 valence electrons. The molecule has 0 spiro atoms. The van der Waals surface area contributed by atoms with Gasteiger partial charge in [0.15, 0.2) is 0 Å². The summed E-state index contributed by atoms with van der Waals surface area (Å²) in [7, 11) is 0. The van der Waals surface area contributed by atoms with Crippen LogP contribution in [0.4, 0.5) is 0 Å². The highest BCUT2D eigenvalue weighted by Gasteiger charge is 2.26. The van der Waals surface area contributed by atoms with E-state index >= 15 is 0 Å². The van der Waals surface area contributed by atoms with Gasteiger partial charge in [0.1, 0.15) is 11.6 Å². The van der Waals surface area contributed by atoms with Gasteiger partial charge in [-0.3, -0.25) is 9.59 Å². The van der Waals surface area contributed by atoms with Crippen LogP contribution < -0.4 is 0 Å². The predicted molar refractivity (Wildman–Crippen MR) is 58.9 cm³/mol. The molecule has 0 heterocycles. The number of allylic oxidation sites excluding steroid dienone is 2. The fourth-order valence-corrected chi connectivity index (χ4v) is 2.14. The number of thioether (sulfide) groups is 1. The zero-order chi connectivity index (χ0) is 10.6. The molecule has 0 amide bonds. The van der Waals surface area contributed by atoms with E-state index in [9.17, 15) is 9.59 Å². The molecule has 0 atom stereocenters. The molecule has 1 rings (SSSR count). The topological polar surface area (TPSA) is 34.1 Å². The molecule has 0 N–H and O–H groups in total. The van der Waals surface area contributed by atoms with Gasteiger partial charge >= 0.3 is 0 Å². The van der Waals surface area contributed by atoms with E-state index < -0.39 is 0 Å². The second-order valence-corrected chi connectivity index (χ2v) is 4.45. The molecule has 1 aliphatic rings. The van der Waals surface area contributed by atoms with E-state index in [-0.39, 0.29) is 23.9 Å². The molecular weight excluding hydrogens is 196 g/mol. The summed E-state index contributed by atoms with van der Waals surface area (Å²) in [6.07, 6.45) is 3.00. The van der Waals surface area contributed by atoms with Crippen LogP contribution in [0, 0.1) is 5.92 Å². The maximum Gasteiger partial charge on any atom is 0.140 e. The van der Waals surface area contributed by atoms with Crippen molar-refractivity contribution in [1.29, 1.82) is 0 Å². The van der Waals surface area contributed by atoms with Crippen LogP contribution in [0.3, 0.4) is 0 Å². The van der Waals surface area contributed by atoms with Crippen molar-refractivity contribution in [2.75, 3.05) is 0 Å². The molecule has 3 heteroatoms. The molecule has 14 heavy (non-hydrogen) atoms. The van der Waals surface area contributed by atoms with E-state index in [1.54, 1.807) is 0 Å². The van der Waals surface area contributed by atoms with Gasteiger partial charge < -0.3 is 0 Å². The third-order valence-electron chi connectivity index (χ3n) is 2.15. The first-order valence-electron chi connectivity index (χ1n) is 4.63. The molecule has 1 fully saturated rings. The Hall–Kier alpha value is -0.830. The summed E-state index contributed by atoms with van der Waals surface area (Å²) in [5.41, 5.74) is 0. The highest BCUT2D eigenvalue weighted by Crippen LogP contribution is 2.32. The third kappa shape index (κ3) is 3.14. The van der Waals surface area contributed by atoms with E-state index in [4.69, 9.17) is 0 Å². The van der Waals surface area contributed by atoms with Gasteiger partial charge in [-0.25, -0.2) is 0 Å². The molecule has 0 unspecified atom stereocenters. The molecule has 0 aliphatic heterocycles. The first kappa shape index (κ1) is 11.2. The fourth-order valence-electron chi connectivity index (χ4n) is 1.47. The van der Waals surface area contributed by atoms with Crippen molar-refractivity contribution in [2.45, 2.75) is 26.2 Å². The van der Waals surface area contributed by atoms with Crippen molar-refractivity contribution in [2.24, 2.45) is 5.92 Å². The van der Waals surface area contributed by atoms with Crippen molar-refractivity contribution in [3.05, 3.63) is 23.0 Å². The van der Waals surface area contributed by atoms with E-state index in [0.29, 0.717) is 12.8 Å². The molecule has 0 saturated heterocycles. The van der Waals surface area contributed by atoms with Gasteiger partial charge in [0, 0.05) is 18.8 Å². The molecule has 2 nitrogen and oxygen atoms in total. The molecular formula is C11H14O2S. The normalized spacial score (nSPS) is 19.2. The third-order valence-corrected chi connectivity index (χ3v) is 3.20. The Morgan fingerprint density at radius 2 is 2.00 bits per heavy atom. The first-order valence-corrected chi connectivity index (χ1v) is 5.51. The minimum absolute atomic E-state index is 0.0462. The van der Waals surface area contributed by atoms with Crippen LogP contribution in [0.2, 0.25) is 0 Å². The summed E-state index contributed by atoms with van der Waals surface area (Å²) in [6.45, 7) is 5.82. The number of carbonyl (C=O) groups is 2. The Balaban J connectivity index is 2.54. The summed E-state index contributed by atoms with van der Waals surface area (Å²) in [4.78, 5) is 23.3. The monoisotopic (exact) mass is 210 g/mol. The summed E-state index contributed by atoms with van der Waals surface area (Å²) in [5, 5.41) is 1.92. The van der Waals surface area contributed by atoms with E-state index in [0.717, 1.165) is 4.91 Å². The fraction of sp³-hybridized carbons (Fsp3) is 0.455. The van der Waals surface area contributed by atoms with Crippen molar-refractivity contribution >= 4 is 23.3 Å². The first-order chi connectivity index (χ1) is 6.63. The second-order valence-electron chi connectivity index (χ2n) is 3.41. The van der Waals surface area contributed by atoms with Gasteiger partial charge in [0.25, 0.3) is 0 Å². The number of rotatable bonds is 3. The molecule has 0 radical (unpaired) electrons. The zero-order valence-electron chi connectivity index (χ0n) is 8.29. The van der Waals surface area contributed by atoms with Gasteiger partial charge in [-0.2, -0.15) is 0 Å². The summed E-state index contributed by atoms with van der Waals surface area (Å²) >= 11 is 1.51. The Kier molecular flexibility index (Phi) is 4.14. The minimum Gasteiger partial charge on any atom is -0.299 e.